The van der Waals surface area contributed by atoms with Gasteiger partial charge in [0.25, 0.3) is 5.22 Å². The molecule has 1 aromatic heterocycles. The van der Waals surface area contributed by atoms with Gasteiger partial charge in [-0.3, -0.25) is 4.79 Å². The van der Waals surface area contributed by atoms with Crippen LogP contribution in [0.1, 0.15) is 6.92 Å². The van der Waals surface area contributed by atoms with Crippen LogP contribution < -0.4 is 4.74 Å². The van der Waals surface area contributed by atoms with Crippen LogP contribution in [0.5, 0.6) is 5.75 Å². The Hall–Kier alpha value is -2.02. The number of carbonyl (C=O) groups is 1. The van der Waals surface area contributed by atoms with E-state index in [9.17, 15) is 4.79 Å². The Morgan fingerprint density at radius 3 is 3.00 bits per heavy atom. The smallest absolute Gasteiger partial charge is 0.316 e. The lowest BCUT2D eigenvalue weighted by molar-refractivity contribution is -0.139. The van der Waals surface area contributed by atoms with Gasteiger partial charge in [0.15, 0.2) is 0 Å². The zero-order valence-corrected chi connectivity index (χ0v) is 12.0. The molecule has 0 N–H and O–H groups in total. The van der Waals surface area contributed by atoms with E-state index in [0.717, 1.165) is 17.3 Å². The molecule has 0 aliphatic heterocycles. The average Bonchev–Trinajstić information content (AvgIpc) is 2.94. The molecule has 0 bridgehead atoms. The van der Waals surface area contributed by atoms with Crippen LogP contribution in [0.25, 0.3) is 11.5 Å². The number of rotatable bonds is 6. The molecule has 106 valence electrons. The van der Waals surface area contributed by atoms with Crippen LogP contribution in [0.4, 0.5) is 0 Å². The number of nitrogens with zero attached hydrogens (tertiary/aromatic N) is 2. The fraction of sp³-hybridized carbons (Fsp3) is 0.308. The number of ether oxygens (including phenoxy) is 2. The van der Waals surface area contributed by atoms with E-state index < -0.39 is 0 Å². The molecule has 2 rings (SSSR count). The maximum Gasteiger partial charge on any atom is 0.316 e. The second kappa shape index (κ2) is 6.95. The van der Waals surface area contributed by atoms with Gasteiger partial charge >= 0.3 is 5.97 Å². The van der Waals surface area contributed by atoms with E-state index in [4.69, 9.17) is 13.9 Å². The van der Waals surface area contributed by atoms with Gasteiger partial charge in [-0.2, -0.15) is 0 Å². The Morgan fingerprint density at radius 2 is 2.25 bits per heavy atom. The van der Waals surface area contributed by atoms with Gasteiger partial charge in [0, 0.05) is 5.56 Å². The summed E-state index contributed by atoms with van der Waals surface area (Å²) < 4.78 is 15.4. The summed E-state index contributed by atoms with van der Waals surface area (Å²) in [5.74, 6) is 0.934. The van der Waals surface area contributed by atoms with Crippen LogP contribution in [0.2, 0.25) is 0 Å². The van der Waals surface area contributed by atoms with Crippen molar-refractivity contribution in [1.29, 1.82) is 0 Å². The van der Waals surface area contributed by atoms with E-state index in [-0.39, 0.29) is 11.7 Å². The standard InChI is InChI=1S/C13H14N2O4S/c1-3-18-11(16)8-20-13-15-14-12(19-13)9-5-4-6-10(7-9)17-2/h4-7H,3,8H2,1-2H3. The molecule has 0 amide bonds. The summed E-state index contributed by atoms with van der Waals surface area (Å²) in [6.45, 7) is 2.12. The highest BCUT2D eigenvalue weighted by Crippen LogP contribution is 2.25. The van der Waals surface area contributed by atoms with Gasteiger partial charge in [0.2, 0.25) is 5.89 Å². The first-order valence-corrected chi connectivity index (χ1v) is 6.98. The SMILES string of the molecule is CCOC(=O)CSc1nnc(-c2cccc(OC)c2)o1. The average molecular weight is 294 g/mol. The summed E-state index contributed by atoms with van der Waals surface area (Å²) >= 11 is 1.15. The molecule has 2 aromatic rings. The minimum atomic E-state index is -0.307. The third-order valence-corrected chi connectivity index (χ3v) is 3.13. The van der Waals surface area contributed by atoms with Crippen molar-refractivity contribution in [3.8, 4) is 17.2 Å². The largest absolute Gasteiger partial charge is 0.497 e. The first kappa shape index (κ1) is 14.4. The van der Waals surface area contributed by atoms with E-state index in [1.807, 2.05) is 18.2 Å². The topological polar surface area (TPSA) is 74.5 Å². The highest BCUT2D eigenvalue weighted by atomic mass is 32.2. The molecule has 0 unspecified atom stereocenters. The number of hydrogen-bond acceptors (Lipinski definition) is 7. The fourth-order valence-electron chi connectivity index (χ4n) is 1.46. The lowest BCUT2D eigenvalue weighted by Crippen LogP contribution is -2.06. The summed E-state index contributed by atoms with van der Waals surface area (Å²) in [4.78, 5) is 11.2. The molecule has 7 heteroatoms. The Balaban J connectivity index is 2.03. The third kappa shape index (κ3) is 3.74. The Labute approximate surface area is 120 Å². The van der Waals surface area contributed by atoms with E-state index in [2.05, 4.69) is 10.2 Å². The molecule has 0 radical (unpaired) electrons. The quantitative estimate of drug-likeness (QED) is 0.598. The van der Waals surface area contributed by atoms with Crippen molar-refractivity contribution < 1.29 is 18.7 Å². The Bertz CT molecular complexity index is 585. The molecule has 0 spiro atoms. The highest BCUT2D eigenvalue weighted by molar-refractivity contribution is 7.99. The zero-order valence-electron chi connectivity index (χ0n) is 11.2. The van der Waals surface area contributed by atoms with Gasteiger partial charge in [0.05, 0.1) is 13.7 Å². The van der Waals surface area contributed by atoms with Crippen LogP contribution >= 0.6 is 11.8 Å². The van der Waals surface area contributed by atoms with Crippen molar-refractivity contribution in [2.75, 3.05) is 19.5 Å². The minimum absolute atomic E-state index is 0.146. The Kier molecular flexibility index (Phi) is 5.00. The van der Waals surface area contributed by atoms with E-state index >= 15 is 0 Å². The van der Waals surface area contributed by atoms with Gasteiger partial charge in [0.1, 0.15) is 11.5 Å². The maximum atomic E-state index is 11.2. The van der Waals surface area contributed by atoms with Crippen LogP contribution in [0.15, 0.2) is 33.9 Å². The van der Waals surface area contributed by atoms with E-state index in [1.54, 1.807) is 20.1 Å². The lowest BCUT2D eigenvalue weighted by atomic mass is 10.2. The number of esters is 1. The van der Waals surface area contributed by atoms with Crippen molar-refractivity contribution in [2.45, 2.75) is 12.1 Å². The molecule has 1 aromatic carbocycles. The number of thioether (sulfide) groups is 1. The van der Waals surface area contributed by atoms with Crippen molar-refractivity contribution in [3.63, 3.8) is 0 Å². The molecule has 20 heavy (non-hydrogen) atoms. The van der Waals surface area contributed by atoms with Crippen molar-refractivity contribution in [1.82, 2.24) is 10.2 Å². The van der Waals surface area contributed by atoms with Gasteiger partial charge in [-0.1, -0.05) is 17.8 Å². The predicted molar refractivity (Wildman–Crippen MR) is 73.6 cm³/mol. The van der Waals surface area contributed by atoms with E-state index in [0.29, 0.717) is 23.5 Å². The summed E-state index contributed by atoms with van der Waals surface area (Å²) in [7, 11) is 1.59. The summed E-state index contributed by atoms with van der Waals surface area (Å²) in [5, 5.41) is 8.15. The normalized spacial score (nSPS) is 10.3. The second-order valence-electron chi connectivity index (χ2n) is 3.70. The highest BCUT2D eigenvalue weighted by Gasteiger charge is 2.12. The van der Waals surface area contributed by atoms with Gasteiger partial charge in [-0.25, -0.2) is 0 Å². The monoisotopic (exact) mass is 294 g/mol. The molecular weight excluding hydrogens is 280 g/mol. The van der Waals surface area contributed by atoms with Gasteiger partial charge in [-0.05, 0) is 25.1 Å². The van der Waals surface area contributed by atoms with E-state index in [1.165, 1.54) is 0 Å². The number of carbonyl (C=O) groups excluding carboxylic acids is 1. The molecule has 0 saturated carbocycles. The number of hydrogen-bond donors (Lipinski definition) is 0. The number of methoxy groups -OCH3 is 1. The van der Waals surface area contributed by atoms with Crippen molar-refractivity contribution in [3.05, 3.63) is 24.3 Å². The van der Waals surface area contributed by atoms with Gasteiger partial charge in [-0.15, -0.1) is 10.2 Å². The molecule has 0 atom stereocenters. The fourth-order valence-corrected chi connectivity index (χ4v) is 2.03. The van der Waals surface area contributed by atoms with Crippen LogP contribution in [0, 0.1) is 0 Å². The summed E-state index contributed by atoms with van der Waals surface area (Å²) in [6.07, 6.45) is 0. The molecule has 6 nitrogen and oxygen atoms in total. The minimum Gasteiger partial charge on any atom is -0.497 e. The number of aromatic nitrogens is 2. The van der Waals surface area contributed by atoms with Crippen LogP contribution in [-0.4, -0.2) is 35.6 Å². The third-order valence-electron chi connectivity index (χ3n) is 2.34. The molecular formula is C13H14N2O4S. The van der Waals surface area contributed by atoms with Crippen LogP contribution in [-0.2, 0) is 9.53 Å². The molecule has 0 aliphatic carbocycles. The first-order valence-electron chi connectivity index (χ1n) is 5.99. The van der Waals surface area contributed by atoms with Crippen LogP contribution in [0.3, 0.4) is 0 Å². The maximum absolute atomic E-state index is 11.2. The second-order valence-corrected chi connectivity index (χ2v) is 4.63. The Morgan fingerprint density at radius 1 is 1.40 bits per heavy atom. The molecule has 0 aliphatic rings. The van der Waals surface area contributed by atoms with Crippen molar-refractivity contribution >= 4 is 17.7 Å². The zero-order chi connectivity index (χ0) is 14.4. The predicted octanol–water partition coefficient (Wildman–Crippen LogP) is 2.40. The molecule has 1 heterocycles. The summed E-state index contributed by atoms with van der Waals surface area (Å²) in [6, 6.07) is 7.31. The van der Waals surface area contributed by atoms with Gasteiger partial charge < -0.3 is 13.9 Å². The van der Waals surface area contributed by atoms with Crippen molar-refractivity contribution in [2.24, 2.45) is 0 Å². The number of benzene rings is 1. The molecule has 0 fully saturated rings. The first-order chi connectivity index (χ1) is 9.72. The summed E-state index contributed by atoms with van der Waals surface area (Å²) in [5.41, 5.74) is 0.764. The molecule has 0 saturated heterocycles. The lowest BCUT2D eigenvalue weighted by Gasteiger charge is -2.00.